The first-order valence-electron chi connectivity index (χ1n) is 1.69. The van der Waals surface area contributed by atoms with Gasteiger partial charge in [-0.05, 0) is 0 Å². The van der Waals surface area contributed by atoms with E-state index < -0.39 is 0 Å². The van der Waals surface area contributed by atoms with Gasteiger partial charge in [-0.25, -0.2) is 0 Å². The molecule has 0 bridgehead atoms. The summed E-state index contributed by atoms with van der Waals surface area (Å²) in [7, 11) is 0. The van der Waals surface area contributed by atoms with Crippen LogP contribution in [0.15, 0.2) is 0 Å². The fourth-order valence-electron chi connectivity index (χ4n) is 0. The van der Waals surface area contributed by atoms with Gasteiger partial charge < -0.3 is 5.48 Å². The first-order valence-corrected chi connectivity index (χ1v) is 3.66. The van der Waals surface area contributed by atoms with E-state index in [4.69, 9.17) is 0 Å². The second-order valence-electron chi connectivity index (χ2n) is 0.816. The summed E-state index contributed by atoms with van der Waals surface area (Å²) in [5.74, 6) is 2.26. The van der Waals surface area contributed by atoms with Gasteiger partial charge in [-0.15, -0.1) is 11.1 Å². The summed E-state index contributed by atoms with van der Waals surface area (Å²) >= 11 is 0.782. The summed E-state index contributed by atoms with van der Waals surface area (Å²) in [5, 5.41) is 1.40. The van der Waals surface area contributed by atoms with E-state index in [1.54, 1.807) is 0 Å². The third-order valence-corrected chi connectivity index (χ3v) is 1.22. The Morgan fingerprint density at radius 1 is 1.60 bits per heavy atom. The molecule has 2 heteroatoms. The van der Waals surface area contributed by atoms with E-state index in [-0.39, 0.29) is 5.48 Å². The second kappa shape index (κ2) is 8.82. The number of hydrogen-bond donors (Lipinski definition) is 0. The van der Waals surface area contributed by atoms with Crippen molar-refractivity contribution in [1.29, 1.82) is 0 Å². The van der Waals surface area contributed by atoms with Gasteiger partial charge in [-0.3, -0.25) is 0 Å². The predicted molar refractivity (Wildman–Crippen MR) is 25.7 cm³/mol. The maximum Gasteiger partial charge on any atom is 0.195 e. The van der Waals surface area contributed by atoms with Gasteiger partial charge in [-0.2, -0.15) is 0 Å². The van der Waals surface area contributed by atoms with Crippen LogP contribution in [0.25, 0.3) is 0 Å². The molecule has 0 amide bonds. The normalized spacial score (nSPS) is 5.20. The zero-order valence-corrected chi connectivity index (χ0v) is 4.94. The molecule has 0 fully saturated rings. The minimum Gasteiger partial charge on any atom is -0.412 e. The molecule has 0 aliphatic rings. The van der Waals surface area contributed by atoms with Gasteiger partial charge in [-0.1, -0.05) is 6.92 Å². The highest BCUT2D eigenvalue weighted by Crippen LogP contribution is 1.64. The molecule has 0 rings (SSSR count). The van der Waals surface area contributed by atoms with Crippen LogP contribution in [0, 0.1) is 0 Å². The molecule has 0 saturated carbocycles. The molecule has 0 atom stereocenters. The fraction of sp³-hybridized carbons (Fsp3) is 1.00. The van der Waals surface area contributed by atoms with Crippen molar-refractivity contribution in [2.24, 2.45) is 0 Å². The Hall–Kier alpha value is 0.492. The summed E-state index contributed by atoms with van der Waals surface area (Å²) in [6.07, 6.45) is 0. The van der Waals surface area contributed by atoms with Gasteiger partial charge in [0, 0.05) is 0 Å². The zero-order chi connectivity index (χ0) is 3.41. The molecule has 0 aliphatic heterocycles. The second-order valence-corrected chi connectivity index (χ2v) is 2.45. The van der Waals surface area contributed by atoms with Crippen molar-refractivity contribution in [3.63, 3.8) is 0 Å². The Balaban J connectivity index is 0. The highest BCUT2D eigenvalue weighted by atomic mass is 27.1. The van der Waals surface area contributed by atoms with E-state index in [1.165, 1.54) is 5.28 Å². The molecule has 0 aromatic carbocycles. The van der Waals surface area contributed by atoms with Crippen LogP contribution in [0.5, 0.6) is 0 Å². The summed E-state index contributed by atoms with van der Waals surface area (Å²) in [6, 6.07) is 0. The van der Waals surface area contributed by atoms with Gasteiger partial charge in [0.1, 0.15) is 0 Å². The lowest BCUT2D eigenvalue weighted by Gasteiger charge is -1.62. The van der Waals surface area contributed by atoms with Crippen molar-refractivity contribution in [2.45, 2.75) is 18.0 Å². The molecule has 0 saturated heterocycles. The van der Waals surface area contributed by atoms with E-state index >= 15 is 0 Å². The smallest absolute Gasteiger partial charge is 0.195 e. The van der Waals surface area contributed by atoms with Crippen LogP contribution in [0.3, 0.4) is 0 Å². The first-order chi connectivity index (χ1) is 1.91. The van der Waals surface area contributed by atoms with Gasteiger partial charge >= 0.3 is 0 Å². The van der Waals surface area contributed by atoms with Crippen molar-refractivity contribution in [3.8, 4) is 0 Å². The highest BCUT2D eigenvalue weighted by Gasteiger charge is 1.63. The monoisotopic (exact) mass is 89.1 g/mol. The predicted octanol–water partition coefficient (Wildman–Crippen LogP) is 0.352. The summed E-state index contributed by atoms with van der Waals surface area (Å²) in [4.78, 5) is 0. The van der Waals surface area contributed by atoms with Crippen LogP contribution in [-0.4, -0.2) is 20.7 Å². The van der Waals surface area contributed by atoms with Crippen molar-refractivity contribution in [1.82, 2.24) is 0 Å². The molecular formula is C3H10AlO. The summed E-state index contributed by atoms with van der Waals surface area (Å²) in [6.45, 7) is 2.22. The SMILES string of the molecule is C[CH2][Al][CH3].O. The Labute approximate surface area is 39.4 Å². The molecule has 31 valence electrons. The van der Waals surface area contributed by atoms with Crippen LogP contribution in [0.1, 0.15) is 6.92 Å². The van der Waals surface area contributed by atoms with E-state index in [9.17, 15) is 0 Å². The number of rotatable bonds is 1. The Morgan fingerprint density at radius 2 is 1.80 bits per heavy atom. The molecule has 0 aromatic heterocycles. The molecule has 0 aliphatic carbocycles. The third kappa shape index (κ3) is 12.5. The Morgan fingerprint density at radius 3 is 1.80 bits per heavy atom. The molecule has 0 unspecified atom stereocenters. The molecule has 1 radical (unpaired) electrons. The molecule has 0 aromatic rings. The van der Waals surface area contributed by atoms with E-state index in [0.29, 0.717) is 0 Å². The van der Waals surface area contributed by atoms with Crippen LogP contribution in [-0.2, 0) is 0 Å². The number of hydrogen-bond acceptors (Lipinski definition) is 0. The van der Waals surface area contributed by atoms with Crippen LogP contribution in [0.4, 0.5) is 0 Å². The third-order valence-electron chi connectivity index (χ3n) is 0.408. The van der Waals surface area contributed by atoms with Gasteiger partial charge in [0.05, 0.1) is 0 Å². The average Bonchev–Trinajstić information content (AvgIpc) is 1.37. The molecule has 2 N–H and O–H groups in total. The van der Waals surface area contributed by atoms with Gasteiger partial charge in [0.15, 0.2) is 15.2 Å². The maximum absolute atomic E-state index is 2.26. The van der Waals surface area contributed by atoms with Crippen molar-refractivity contribution < 1.29 is 5.48 Å². The van der Waals surface area contributed by atoms with E-state index in [0.717, 1.165) is 15.2 Å². The van der Waals surface area contributed by atoms with Crippen LogP contribution >= 0.6 is 0 Å². The minimum absolute atomic E-state index is 0. The molecule has 0 spiro atoms. The lowest BCUT2D eigenvalue weighted by Crippen LogP contribution is -1.67. The largest absolute Gasteiger partial charge is 0.412 e. The maximum atomic E-state index is 2.26. The average molecular weight is 89.1 g/mol. The Kier molecular flexibility index (Phi) is 16.0. The molecule has 0 heterocycles. The van der Waals surface area contributed by atoms with Crippen LogP contribution < -0.4 is 0 Å². The molecule has 5 heavy (non-hydrogen) atoms. The van der Waals surface area contributed by atoms with Crippen LogP contribution in [0.2, 0.25) is 11.1 Å². The fourth-order valence-corrected chi connectivity index (χ4v) is 0. The first kappa shape index (κ1) is 9.09. The lowest BCUT2D eigenvalue weighted by molar-refractivity contribution is 0.824. The minimum atomic E-state index is 0. The quantitative estimate of drug-likeness (QED) is 0.415. The van der Waals surface area contributed by atoms with Gasteiger partial charge in [0.25, 0.3) is 0 Å². The van der Waals surface area contributed by atoms with Gasteiger partial charge in [0.2, 0.25) is 0 Å². The van der Waals surface area contributed by atoms with E-state index in [2.05, 4.69) is 12.7 Å². The van der Waals surface area contributed by atoms with E-state index in [1.807, 2.05) is 0 Å². The molecular weight excluding hydrogens is 79.0 g/mol. The molecule has 1 nitrogen and oxygen atoms in total. The van der Waals surface area contributed by atoms with Crippen molar-refractivity contribution in [3.05, 3.63) is 0 Å². The lowest BCUT2D eigenvalue weighted by atomic mass is 11.0. The summed E-state index contributed by atoms with van der Waals surface area (Å²) in [5.41, 5.74) is 0. The topological polar surface area (TPSA) is 31.5 Å². The standard InChI is InChI=1S/C2H5.CH3.Al.H2O/c1-2;;;/h1H2,2H3;1H3;;1H2. The Bertz CT molecular complexity index is 8.85. The zero-order valence-electron chi connectivity index (χ0n) is 3.78. The summed E-state index contributed by atoms with van der Waals surface area (Å²) < 4.78 is 0. The van der Waals surface area contributed by atoms with Crippen molar-refractivity contribution >= 4 is 15.2 Å². The van der Waals surface area contributed by atoms with Crippen molar-refractivity contribution in [2.75, 3.05) is 0 Å². The highest BCUT2D eigenvalue weighted by molar-refractivity contribution is 6.33.